The summed E-state index contributed by atoms with van der Waals surface area (Å²) in [5.41, 5.74) is 7.92. The smallest absolute Gasteiger partial charge is 0.244 e. The van der Waals surface area contributed by atoms with E-state index in [4.69, 9.17) is 5.73 Å². The zero-order valence-corrected chi connectivity index (χ0v) is 12.2. The number of thiophene rings is 1. The van der Waals surface area contributed by atoms with Crippen molar-refractivity contribution < 1.29 is 8.42 Å². The van der Waals surface area contributed by atoms with E-state index in [0.717, 1.165) is 10.6 Å². The number of nitrogens with zero attached hydrogens (tertiary/aromatic N) is 2. The molecule has 0 aliphatic rings. The summed E-state index contributed by atoms with van der Waals surface area (Å²) >= 11 is 2.81. The van der Waals surface area contributed by atoms with Gasteiger partial charge in [0, 0.05) is 29.2 Å². The number of sulfonamides is 1. The number of rotatable bonds is 5. The third-order valence-electron chi connectivity index (χ3n) is 2.41. The number of hydrogen-bond donors (Lipinski definition) is 1. The van der Waals surface area contributed by atoms with Crippen molar-refractivity contribution in [1.29, 1.82) is 0 Å². The van der Waals surface area contributed by atoms with Crippen molar-refractivity contribution in [3.05, 3.63) is 32.9 Å². The average Bonchev–Trinajstić information content (AvgIpc) is 2.99. The molecule has 2 rings (SSSR count). The van der Waals surface area contributed by atoms with Crippen molar-refractivity contribution in [1.82, 2.24) is 9.29 Å². The molecule has 0 amide bonds. The van der Waals surface area contributed by atoms with Gasteiger partial charge < -0.3 is 5.73 Å². The highest BCUT2D eigenvalue weighted by Crippen LogP contribution is 2.22. The van der Waals surface area contributed by atoms with Gasteiger partial charge >= 0.3 is 0 Å². The van der Waals surface area contributed by atoms with Crippen molar-refractivity contribution in [2.75, 3.05) is 7.05 Å². The lowest BCUT2D eigenvalue weighted by atomic mass is 10.5. The molecular weight excluding hydrogens is 290 g/mol. The van der Waals surface area contributed by atoms with Gasteiger partial charge in [0.2, 0.25) is 10.0 Å². The van der Waals surface area contributed by atoms with Gasteiger partial charge in [0.15, 0.2) is 0 Å². The van der Waals surface area contributed by atoms with Crippen molar-refractivity contribution in [2.24, 2.45) is 5.73 Å². The van der Waals surface area contributed by atoms with Crippen LogP contribution in [0.1, 0.15) is 10.6 Å². The first-order chi connectivity index (χ1) is 8.54. The fraction of sp³-hybridized carbons (Fsp3) is 0.300. The molecule has 98 valence electrons. The first-order valence-corrected chi connectivity index (χ1v) is 8.41. The molecule has 18 heavy (non-hydrogen) atoms. The molecule has 0 spiro atoms. The highest BCUT2D eigenvalue weighted by atomic mass is 32.2. The van der Waals surface area contributed by atoms with Gasteiger partial charge in [-0.05, 0) is 6.07 Å². The van der Waals surface area contributed by atoms with E-state index in [1.807, 2.05) is 5.38 Å². The highest BCUT2D eigenvalue weighted by molar-refractivity contribution is 7.89. The normalized spacial score (nSPS) is 12.2. The molecule has 8 heteroatoms. The molecule has 0 saturated heterocycles. The lowest BCUT2D eigenvalue weighted by Crippen LogP contribution is -2.26. The third kappa shape index (κ3) is 2.78. The SMILES string of the molecule is CN(Cc1cscn1)S(=O)(=O)c1csc(CN)c1. The van der Waals surface area contributed by atoms with Crippen molar-refractivity contribution >= 4 is 32.7 Å². The second kappa shape index (κ2) is 5.45. The summed E-state index contributed by atoms with van der Waals surface area (Å²) in [4.78, 5) is 5.23. The maximum atomic E-state index is 12.3. The Hall–Kier alpha value is -0.800. The molecular formula is C10H13N3O2S3. The quantitative estimate of drug-likeness (QED) is 0.908. The zero-order valence-electron chi connectivity index (χ0n) is 9.74. The summed E-state index contributed by atoms with van der Waals surface area (Å²) in [6.45, 7) is 0.635. The maximum Gasteiger partial charge on any atom is 0.244 e. The second-order valence-electron chi connectivity index (χ2n) is 3.69. The molecule has 0 aliphatic heterocycles. The topological polar surface area (TPSA) is 76.3 Å². The molecule has 5 nitrogen and oxygen atoms in total. The van der Waals surface area contributed by atoms with Crippen LogP contribution in [-0.2, 0) is 23.1 Å². The standard InChI is InChI=1S/C10H13N3O2S3/c1-13(4-8-5-16-7-12-8)18(14,15)10-2-9(3-11)17-6-10/h2,5-7H,3-4,11H2,1H3. The predicted octanol–water partition coefficient (Wildman–Crippen LogP) is 1.48. The molecule has 0 radical (unpaired) electrons. The van der Waals surface area contributed by atoms with Crippen LogP contribution in [0.5, 0.6) is 0 Å². The lowest BCUT2D eigenvalue weighted by molar-refractivity contribution is 0.463. The van der Waals surface area contributed by atoms with Crippen LogP contribution in [-0.4, -0.2) is 24.8 Å². The molecule has 0 atom stereocenters. The number of aromatic nitrogens is 1. The molecule has 0 fully saturated rings. The molecule has 2 N–H and O–H groups in total. The third-order valence-corrected chi connectivity index (χ3v) is 5.93. The van der Waals surface area contributed by atoms with Gasteiger partial charge in [0.25, 0.3) is 0 Å². The Bertz CT molecular complexity index is 604. The van der Waals surface area contributed by atoms with Gasteiger partial charge in [0.05, 0.1) is 22.6 Å². The Kier molecular flexibility index (Phi) is 4.13. The first-order valence-electron chi connectivity index (χ1n) is 5.15. The van der Waals surface area contributed by atoms with Crippen molar-refractivity contribution in [2.45, 2.75) is 18.0 Å². The predicted molar refractivity (Wildman–Crippen MR) is 73.0 cm³/mol. The first kappa shape index (κ1) is 13.6. The van der Waals surface area contributed by atoms with Crippen LogP contribution >= 0.6 is 22.7 Å². The maximum absolute atomic E-state index is 12.3. The van der Waals surface area contributed by atoms with Gasteiger partial charge in [-0.3, -0.25) is 0 Å². The summed E-state index contributed by atoms with van der Waals surface area (Å²) in [5, 5.41) is 3.46. The van der Waals surface area contributed by atoms with Crippen LogP contribution in [0.4, 0.5) is 0 Å². The Labute approximate surface area is 114 Å². The Morgan fingerprint density at radius 2 is 2.22 bits per heavy atom. The minimum absolute atomic E-state index is 0.277. The van der Waals surface area contributed by atoms with Crippen molar-refractivity contribution in [3.8, 4) is 0 Å². The monoisotopic (exact) mass is 303 g/mol. The van der Waals surface area contributed by atoms with E-state index >= 15 is 0 Å². The van der Waals surface area contributed by atoms with Crippen LogP contribution in [0.25, 0.3) is 0 Å². The lowest BCUT2D eigenvalue weighted by Gasteiger charge is -2.14. The van der Waals surface area contributed by atoms with Crippen LogP contribution in [0.3, 0.4) is 0 Å². The number of nitrogens with two attached hydrogens (primary N) is 1. The van der Waals surface area contributed by atoms with Gasteiger partial charge in [0.1, 0.15) is 0 Å². The molecule has 0 bridgehead atoms. The van der Waals surface area contributed by atoms with Crippen LogP contribution < -0.4 is 5.73 Å². The fourth-order valence-corrected chi connectivity index (χ4v) is 4.25. The molecule has 0 unspecified atom stereocenters. The van der Waals surface area contributed by atoms with Gasteiger partial charge in [-0.1, -0.05) is 0 Å². The zero-order chi connectivity index (χ0) is 13.2. The molecule has 0 aromatic carbocycles. The summed E-state index contributed by atoms with van der Waals surface area (Å²) in [7, 11) is -1.90. The minimum atomic E-state index is -3.45. The van der Waals surface area contributed by atoms with Crippen LogP contribution in [0.2, 0.25) is 0 Å². The second-order valence-corrected chi connectivity index (χ2v) is 7.45. The Balaban J connectivity index is 2.19. The summed E-state index contributed by atoms with van der Waals surface area (Å²) in [6.07, 6.45) is 0. The summed E-state index contributed by atoms with van der Waals surface area (Å²) in [5.74, 6) is 0. The number of hydrogen-bond acceptors (Lipinski definition) is 6. The summed E-state index contributed by atoms with van der Waals surface area (Å²) in [6, 6.07) is 1.62. The number of thiazole rings is 1. The van der Waals surface area contributed by atoms with E-state index in [-0.39, 0.29) is 6.54 Å². The van der Waals surface area contributed by atoms with E-state index in [1.54, 1.807) is 24.0 Å². The van der Waals surface area contributed by atoms with Crippen LogP contribution in [0, 0.1) is 0 Å². The highest BCUT2D eigenvalue weighted by Gasteiger charge is 2.22. The van der Waals surface area contributed by atoms with E-state index < -0.39 is 10.0 Å². The van der Waals surface area contributed by atoms with Gasteiger partial charge in [-0.2, -0.15) is 4.31 Å². The largest absolute Gasteiger partial charge is 0.326 e. The molecule has 0 saturated carbocycles. The van der Waals surface area contributed by atoms with E-state index in [1.165, 1.54) is 27.0 Å². The Morgan fingerprint density at radius 3 is 2.78 bits per heavy atom. The molecule has 2 aromatic heterocycles. The van der Waals surface area contributed by atoms with E-state index in [2.05, 4.69) is 4.98 Å². The summed E-state index contributed by atoms with van der Waals surface area (Å²) < 4.78 is 25.8. The van der Waals surface area contributed by atoms with Crippen molar-refractivity contribution in [3.63, 3.8) is 0 Å². The van der Waals surface area contributed by atoms with Gasteiger partial charge in [-0.25, -0.2) is 13.4 Å². The van der Waals surface area contributed by atoms with E-state index in [9.17, 15) is 8.42 Å². The molecule has 2 heterocycles. The molecule has 2 aromatic rings. The Morgan fingerprint density at radius 1 is 1.44 bits per heavy atom. The minimum Gasteiger partial charge on any atom is -0.326 e. The average molecular weight is 303 g/mol. The van der Waals surface area contributed by atoms with Gasteiger partial charge in [-0.15, -0.1) is 22.7 Å². The van der Waals surface area contributed by atoms with E-state index in [0.29, 0.717) is 11.4 Å². The van der Waals surface area contributed by atoms with Crippen LogP contribution in [0.15, 0.2) is 27.2 Å². The fourth-order valence-electron chi connectivity index (χ4n) is 1.41. The molecule has 0 aliphatic carbocycles.